The summed E-state index contributed by atoms with van der Waals surface area (Å²) >= 11 is 0. The van der Waals surface area contributed by atoms with Gasteiger partial charge in [0.1, 0.15) is 17.2 Å². The summed E-state index contributed by atoms with van der Waals surface area (Å²) in [5.41, 5.74) is 1.72. The molecule has 9 heteroatoms. The lowest BCUT2D eigenvalue weighted by Crippen LogP contribution is -2.40. The van der Waals surface area contributed by atoms with Crippen molar-refractivity contribution in [3.05, 3.63) is 47.5 Å². The normalized spacial score (nSPS) is 19.4. The molecule has 4 rings (SSSR count). The maximum atomic E-state index is 13.0. The molecule has 1 fully saturated rings. The third kappa shape index (κ3) is 4.15. The van der Waals surface area contributed by atoms with Gasteiger partial charge in [0, 0.05) is 31.5 Å². The smallest absolute Gasteiger partial charge is 0.281 e. The number of aryl methyl sites for hydroxylation is 2. The Hall–Kier alpha value is -2.97. The van der Waals surface area contributed by atoms with Crippen molar-refractivity contribution in [1.82, 2.24) is 24.5 Å². The molecule has 0 saturated heterocycles. The number of nitrogens with zero attached hydrogens (tertiary/aromatic N) is 4. The average Bonchev–Trinajstić information content (AvgIpc) is 3.33. The van der Waals surface area contributed by atoms with Gasteiger partial charge in [-0.2, -0.15) is 5.10 Å². The number of fused-ring (bicyclic) bond motifs is 1. The molecule has 7 nitrogen and oxygen atoms in total. The molecule has 1 amide bonds. The van der Waals surface area contributed by atoms with Crippen LogP contribution >= 0.6 is 0 Å². The molecule has 2 N–H and O–H groups in total. The summed E-state index contributed by atoms with van der Waals surface area (Å²) < 4.78 is 29.3. The topological polar surface area (TPSA) is 76.2 Å². The summed E-state index contributed by atoms with van der Waals surface area (Å²) in [4.78, 5) is 16.6. The molecule has 0 spiro atoms. The number of amides is 1. The van der Waals surface area contributed by atoms with Crippen molar-refractivity contribution in [3.8, 4) is 0 Å². The molecule has 1 aliphatic carbocycles. The third-order valence-corrected chi connectivity index (χ3v) is 5.63. The van der Waals surface area contributed by atoms with Crippen molar-refractivity contribution >= 4 is 17.4 Å². The van der Waals surface area contributed by atoms with Gasteiger partial charge < -0.3 is 10.6 Å². The minimum absolute atomic E-state index is 0.0703. The standard InChI is InChI=1S/C21H26F2N6O/c1-3-16-15(11-28(2)27-16)21(30)25-14-9-7-13(8-10-14)24-18-5-4-6-19-26-17(20(22)23)12-29(18)19/h4-6,11-14,20,24H,3,7-10H2,1-2H3,(H,25,30). The van der Waals surface area contributed by atoms with Gasteiger partial charge >= 0.3 is 0 Å². The van der Waals surface area contributed by atoms with Crippen molar-refractivity contribution in [2.24, 2.45) is 7.05 Å². The first-order valence-electron chi connectivity index (χ1n) is 10.3. The van der Waals surface area contributed by atoms with Crippen LogP contribution < -0.4 is 10.6 Å². The number of imidazole rings is 1. The molecular formula is C21H26F2N6O. The zero-order chi connectivity index (χ0) is 21.3. The van der Waals surface area contributed by atoms with E-state index in [-0.39, 0.29) is 23.7 Å². The van der Waals surface area contributed by atoms with Gasteiger partial charge in [-0.1, -0.05) is 13.0 Å². The summed E-state index contributed by atoms with van der Waals surface area (Å²) in [7, 11) is 1.82. The first-order valence-corrected chi connectivity index (χ1v) is 10.3. The van der Waals surface area contributed by atoms with Crippen molar-refractivity contribution in [3.63, 3.8) is 0 Å². The molecule has 3 aromatic rings. The summed E-state index contributed by atoms with van der Waals surface area (Å²) in [5, 5.41) is 10.9. The van der Waals surface area contributed by atoms with E-state index >= 15 is 0 Å². The number of hydrogen-bond acceptors (Lipinski definition) is 4. The third-order valence-electron chi connectivity index (χ3n) is 5.63. The van der Waals surface area contributed by atoms with E-state index in [0.29, 0.717) is 17.6 Å². The highest BCUT2D eigenvalue weighted by Gasteiger charge is 2.25. The highest BCUT2D eigenvalue weighted by atomic mass is 19.3. The van der Waals surface area contributed by atoms with E-state index in [0.717, 1.165) is 37.2 Å². The Morgan fingerprint density at radius 2 is 1.93 bits per heavy atom. The summed E-state index contributed by atoms with van der Waals surface area (Å²) in [6, 6.07) is 5.73. The van der Waals surface area contributed by atoms with E-state index in [1.54, 1.807) is 21.3 Å². The molecule has 0 atom stereocenters. The number of hydrogen-bond donors (Lipinski definition) is 2. The number of halogens is 2. The van der Waals surface area contributed by atoms with Crippen LogP contribution in [0.2, 0.25) is 0 Å². The van der Waals surface area contributed by atoms with Crippen LogP contribution in [0.5, 0.6) is 0 Å². The average molecular weight is 416 g/mol. The number of pyridine rings is 1. The zero-order valence-electron chi connectivity index (χ0n) is 17.1. The Bertz CT molecular complexity index is 1040. The second kappa shape index (κ2) is 8.41. The van der Waals surface area contributed by atoms with E-state index in [1.165, 1.54) is 6.20 Å². The largest absolute Gasteiger partial charge is 0.368 e. The van der Waals surface area contributed by atoms with Crippen LogP contribution in [-0.4, -0.2) is 37.2 Å². The minimum atomic E-state index is -2.59. The quantitative estimate of drug-likeness (QED) is 0.642. The molecule has 1 saturated carbocycles. The fourth-order valence-corrected chi connectivity index (χ4v) is 4.09. The number of aromatic nitrogens is 4. The summed E-state index contributed by atoms with van der Waals surface area (Å²) in [6.45, 7) is 1.99. The van der Waals surface area contributed by atoms with Gasteiger partial charge in [0.15, 0.2) is 0 Å². The van der Waals surface area contributed by atoms with Crippen LogP contribution in [0.1, 0.15) is 60.8 Å². The Kier molecular flexibility index (Phi) is 5.69. The van der Waals surface area contributed by atoms with Gasteiger partial charge in [0.05, 0.1) is 11.3 Å². The number of alkyl halides is 2. The van der Waals surface area contributed by atoms with Gasteiger partial charge in [0.25, 0.3) is 12.3 Å². The predicted octanol–water partition coefficient (Wildman–Crippen LogP) is 3.72. The van der Waals surface area contributed by atoms with E-state index < -0.39 is 6.43 Å². The number of carbonyl (C=O) groups is 1. The van der Waals surface area contributed by atoms with Crippen molar-refractivity contribution in [1.29, 1.82) is 0 Å². The van der Waals surface area contributed by atoms with Gasteiger partial charge in [0.2, 0.25) is 0 Å². The van der Waals surface area contributed by atoms with Crippen molar-refractivity contribution in [2.75, 3.05) is 5.32 Å². The number of nitrogens with one attached hydrogen (secondary N) is 2. The van der Waals surface area contributed by atoms with E-state index in [9.17, 15) is 13.6 Å². The number of rotatable bonds is 6. The van der Waals surface area contributed by atoms with Gasteiger partial charge in [-0.3, -0.25) is 13.9 Å². The highest BCUT2D eigenvalue weighted by Crippen LogP contribution is 2.25. The second-order valence-electron chi connectivity index (χ2n) is 7.79. The molecule has 160 valence electrons. The van der Waals surface area contributed by atoms with Gasteiger partial charge in [-0.05, 0) is 44.2 Å². The van der Waals surface area contributed by atoms with Crippen LogP contribution in [-0.2, 0) is 13.5 Å². The summed E-state index contributed by atoms with van der Waals surface area (Å²) in [6.07, 6.45) is 4.74. The molecule has 0 bridgehead atoms. The molecule has 3 heterocycles. The predicted molar refractivity (Wildman–Crippen MR) is 110 cm³/mol. The molecule has 0 aliphatic heterocycles. The Labute approximate surface area is 173 Å². The van der Waals surface area contributed by atoms with Crippen molar-refractivity contribution in [2.45, 2.75) is 57.5 Å². The molecule has 3 aromatic heterocycles. The lowest BCUT2D eigenvalue weighted by atomic mass is 9.91. The monoisotopic (exact) mass is 416 g/mol. The summed E-state index contributed by atoms with van der Waals surface area (Å²) in [5.74, 6) is 0.682. The molecule has 1 aliphatic rings. The maximum Gasteiger partial charge on any atom is 0.281 e. The first kappa shape index (κ1) is 20.3. The fourth-order valence-electron chi connectivity index (χ4n) is 4.09. The van der Waals surface area contributed by atoms with E-state index in [4.69, 9.17) is 0 Å². The first-order chi connectivity index (χ1) is 14.4. The number of anilines is 1. The maximum absolute atomic E-state index is 13.0. The number of carbonyl (C=O) groups excluding carboxylic acids is 1. The van der Waals surface area contributed by atoms with E-state index in [2.05, 4.69) is 20.7 Å². The van der Waals surface area contributed by atoms with Gasteiger partial charge in [-0.25, -0.2) is 13.8 Å². The Morgan fingerprint density at radius 1 is 1.20 bits per heavy atom. The lowest BCUT2D eigenvalue weighted by Gasteiger charge is -2.30. The lowest BCUT2D eigenvalue weighted by molar-refractivity contribution is 0.0925. The second-order valence-corrected chi connectivity index (χ2v) is 7.79. The van der Waals surface area contributed by atoms with Crippen molar-refractivity contribution < 1.29 is 13.6 Å². The molecule has 0 unspecified atom stereocenters. The van der Waals surface area contributed by atoms with Crippen LogP contribution in [0.3, 0.4) is 0 Å². The fraction of sp³-hybridized carbons (Fsp3) is 0.476. The molecule has 0 radical (unpaired) electrons. The van der Waals surface area contributed by atoms with Gasteiger partial charge in [-0.15, -0.1) is 0 Å². The van der Waals surface area contributed by atoms with Crippen LogP contribution in [0, 0.1) is 0 Å². The molecule has 30 heavy (non-hydrogen) atoms. The molecule has 0 aromatic carbocycles. The zero-order valence-corrected chi connectivity index (χ0v) is 17.1. The SMILES string of the molecule is CCc1nn(C)cc1C(=O)NC1CCC(Nc2cccc3nc(C(F)F)cn23)CC1. The van der Waals surface area contributed by atoms with E-state index in [1.807, 2.05) is 26.1 Å². The highest BCUT2D eigenvalue weighted by molar-refractivity contribution is 5.95. The Balaban J connectivity index is 1.36. The molecular weight excluding hydrogens is 390 g/mol. The van der Waals surface area contributed by atoms with Crippen LogP contribution in [0.15, 0.2) is 30.6 Å². The van der Waals surface area contributed by atoms with Crippen LogP contribution in [0.25, 0.3) is 5.65 Å². The van der Waals surface area contributed by atoms with Crippen LogP contribution in [0.4, 0.5) is 14.6 Å². The minimum Gasteiger partial charge on any atom is -0.368 e. The Morgan fingerprint density at radius 3 is 2.63 bits per heavy atom.